The van der Waals surface area contributed by atoms with E-state index in [0.29, 0.717) is 55.4 Å². The Labute approximate surface area is 558 Å². The lowest BCUT2D eigenvalue weighted by molar-refractivity contribution is -0.144. The van der Waals surface area contributed by atoms with Crippen LogP contribution in [0.5, 0.6) is 0 Å². The molecule has 2 fully saturated rings. The fraction of sp³-hybridized carbons (Fsp3) is 0.587. The van der Waals surface area contributed by atoms with Crippen LogP contribution in [0.15, 0.2) is 65.7 Å². The minimum Gasteiger partial charge on any atom is -0.370 e. The lowest BCUT2D eigenvalue weighted by Gasteiger charge is -2.32. The number of guanidine groups is 1. The molecular formula is C63H98N18O13S. The van der Waals surface area contributed by atoms with Gasteiger partial charge in [-0.05, 0) is 119 Å². The molecular weight excluding hydrogens is 1250 g/mol. The van der Waals surface area contributed by atoms with Crippen LogP contribution in [-0.4, -0.2) is 198 Å². The molecule has 10 atom stereocenters. The molecule has 2 aromatic carbocycles. The van der Waals surface area contributed by atoms with Gasteiger partial charge in [0.05, 0.1) is 12.6 Å². The Morgan fingerprint density at radius 1 is 0.537 bits per heavy atom. The predicted octanol–water partition coefficient (Wildman–Crippen LogP) is -3.71. The van der Waals surface area contributed by atoms with E-state index in [0.717, 1.165) is 0 Å². The number of aliphatic imine (C=N–C) groups is 1. The summed E-state index contributed by atoms with van der Waals surface area (Å²) in [4.78, 5) is 185. The molecule has 0 radical (unpaired) electrons. The van der Waals surface area contributed by atoms with Crippen LogP contribution in [0.4, 0.5) is 0 Å². The molecule has 524 valence electrons. The Balaban J connectivity index is 1.56. The van der Waals surface area contributed by atoms with Crippen LogP contribution in [0.2, 0.25) is 0 Å². The van der Waals surface area contributed by atoms with Crippen molar-refractivity contribution in [3.05, 3.63) is 71.8 Å². The number of nitrogens with zero attached hydrogens (tertiary/aromatic N) is 3. The van der Waals surface area contributed by atoms with Gasteiger partial charge in [0.15, 0.2) is 5.96 Å². The molecule has 0 aromatic heterocycles. The summed E-state index contributed by atoms with van der Waals surface area (Å²) < 4.78 is 0. The number of primary amides is 3. The third-order valence-corrected chi connectivity index (χ3v) is 16.7. The zero-order chi connectivity index (χ0) is 70.1. The zero-order valence-corrected chi connectivity index (χ0v) is 55.3. The van der Waals surface area contributed by atoms with Crippen LogP contribution in [0, 0.1) is 5.92 Å². The minimum absolute atomic E-state index is 0.0736. The van der Waals surface area contributed by atoms with E-state index in [2.05, 4.69) is 47.5 Å². The van der Waals surface area contributed by atoms with Gasteiger partial charge in [0.1, 0.15) is 54.4 Å². The largest absolute Gasteiger partial charge is 0.370 e. The van der Waals surface area contributed by atoms with E-state index >= 15 is 0 Å². The highest BCUT2D eigenvalue weighted by Crippen LogP contribution is 2.24. The van der Waals surface area contributed by atoms with Crippen molar-refractivity contribution in [3.63, 3.8) is 0 Å². The number of hydrogen-bond acceptors (Lipinski definition) is 17. The van der Waals surface area contributed by atoms with Crippen molar-refractivity contribution in [1.82, 2.24) is 52.3 Å². The molecule has 0 aliphatic carbocycles. The van der Waals surface area contributed by atoms with Gasteiger partial charge < -0.3 is 92.5 Å². The van der Waals surface area contributed by atoms with E-state index in [1.165, 1.54) is 21.6 Å². The van der Waals surface area contributed by atoms with E-state index in [9.17, 15) is 62.3 Å². The molecule has 13 amide bonds. The maximum atomic E-state index is 14.7. The predicted molar refractivity (Wildman–Crippen MR) is 356 cm³/mol. The molecule has 2 aliphatic rings. The van der Waals surface area contributed by atoms with Crippen molar-refractivity contribution >= 4 is 94.5 Å². The second kappa shape index (κ2) is 41.0. The first-order chi connectivity index (χ1) is 45.2. The summed E-state index contributed by atoms with van der Waals surface area (Å²) in [6.45, 7) is 3.86. The Morgan fingerprint density at radius 2 is 1.01 bits per heavy atom. The second-order valence-electron chi connectivity index (χ2n) is 24.1. The molecule has 2 saturated heterocycles. The van der Waals surface area contributed by atoms with E-state index in [1.54, 1.807) is 60.7 Å². The minimum atomic E-state index is -1.64. The summed E-state index contributed by atoms with van der Waals surface area (Å²) in [5, 5.41) is 21.1. The quantitative estimate of drug-likeness (QED) is 0.0173. The Morgan fingerprint density at radius 3 is 1.51 bits per heavy atom. The molecule has 31 nitrogen and oxygen atoms in total. The van der Waals surface area contributed by atoms with Crippen LogP contribution in [0.1, 0.15) is 121 Å². The van der Waals surface area contributed by atoms with Crippen molar-refractivity contribution in [2.75, 3.05) is 44.7 Å². The van der Waals surface area contributed by atoms with Crippen molar-refractivity contribution in [2.45, 2.75) is 183 Å². The molecule has 2 heterocycles. The standard InChI is InChI=1S/C63H98N18O13S/c1-37(2)33-45(57(89)74-41(53(68)85)27-32-95-3)73-52(84)36-72-54(86)46(34-38-15-6-4-7-16-38)78-58(90)47(35-39-17-8-5-9-18-39)79-56(88)42(23-25-50(66)82)75-55(87)43(24-26-51(67)83)76-59(91)49-22-14-31-81(49)62(94)44(20-10-11-28-64)77-60(92)48-21-13-30-80(48)61(93)40(65)19-12-29-71-63(69)70/h4-9,15-18,37,40-49H,10-14,19-36,64-65H2,1-3H3,(H2,66,82)(H2,67,83)(H2,68,85)(H,72,86)(H,73,84)(H,74,89)(H,75,87)(H,76,91)(H,77,92)(H,78,90)(H,79,88)(H4,69,70,71)/t40-,41+,42-,43-,44-,45+,46+,47-,48-,49-/m1/s1. The van der Waals surface area contributed by atoms with Crippen molar-refractivity contribution < 1.29 is 62.3 Å². The van der Waals surface area contributed by atoms with Crippen molar-refractivity contribution in [2.24, 2.45) is 51.0 Å². The van der Waals surface area contributed by atoms with Gasteiger partial charge in [0.2, 0.25) is 76.8 Å². The Hall–Kier alpha value is -8.91. The second-order valence-corrected chi connectivity index (χ2v) is 25.1. The van der Waals surface area contributed by atoms with Crippen LogP contribution >= 0.6 is 11.8 Å². The fourth-order valence-corrected chi connectivity index (χ4v) is 11.5. The van der Waals surface area contributed by atoms with E-state index < -0.39 is 169 Å². The number of nitrogens with one attached hydrogen (secondary N) is 8. The van der Waals surface area contributed by atoms with Crippen LogP contribution in [0.25, 0.3) is 0 Å². The first-order valence-electron chi connectivity index (χ1n) is 32.2. The monoisotopic (exact) mass is 1350 g/mol. The fourth-order valence-electron chi connectivity index (χ4n) is 11.0. The Bertz CT molecular complexity index is 2960. The first kappa shape index (κ1) is 78.5. The average molecular weight is 1350 g/mol. The number of amides is 13. The lowest BCUT2D eigenvalue weighted by atomic mass is 10.0. The maximum absolute atomic E-state index is 14.7. The van der Waals surface area contributed by atoms with Crippen LogP contribution in [0.3, 0.4) is 0 Å². The number of carbonyl (C=O) groups is 13. The van der Waals surface area contributed by atoms with E-state index in [-0.39, 0.29) is 83.0 Å². The van der Waals surface area contributed by atoms with Gasteiger partial charge in [-0.2, -0.15) is 11.8 Å². The molecule has 4 rings (SSSR count). The summed E-state index contributed by atoms with van der Waals surface area (Å²) in [6, 6.07) is 4.51. The first-order valence-corrected chi connectivity index (χ1v) is 33.6. The maximum Gasteiger partial charge on any atom is 0.245 e. The summed E-state index contributed by atoms with van der Waals surface area (Å²) in [7, 11) is 0. The zero-order valence-electron chi connectivity index (χ0n) is 54.5. The van der Waals surface area contributed by atoms with Crippen molar-refractivity contribution in [1.29, 1.82) is 0 Å². The molecule has 32 heteroatoms. The molecule has 0 spiro atoms. The topological polar surface area (TPSA) is 519 Å². The van der Waals surface area contributed by atoms with Crippen LogP contribution < -0.4 is 82.7 Å². The summed E-state index contributed by atoms with van der Waals surface area (Å²) in [5.41, 5.74) is 40.6. The molecule has 0 bridgehead atoms. The van der Waals surface area contributed by atoms with E-state index in [1.807, 2.05) is 20.1 Å². The molecule has 0 unspecified atom stereocenters. The highest BCUT2D eigenvalue weighted by Gasteiger charge is 2.42. The number of likely N-dealkylation sites (tertiary alicyclic amines) is 2. The molecule has 22 N–H and O–H groups in total. The van der Waals surface area contributed by atoms with Gasteiger partial charge in [-0.3, -0.25) is 67.3 Å². The van der Waals surface area contributed by atoms with Crippen LogP contribution in [-0.2, 0) is 75.2 Å². The smallest absolute Gasteiger partial charge is 0.245 e. The summed E-state index contributed by atoms with van der Waals surface area (Å²) >= 11 is 1.45. The molecule has 95 heavy (non-hydrogen) atoms. The molecule has 2 aliphatic heterocycles. The van der Waals surface area contributed by atoms with Gasteiger partial charge in [-0.25, -0.2) is 0 Å². The van der Waals surface area contributed by atoms with Crippen molar-refractivity contribution in [3.8, 4) is 0 Å². The van der Waals surface area contributed by atoms with Gasteiger partial charge in [-0.1, -0.05) is 74.5 Å². The SMILES string of the molecule is CSCC[C@H](NC(=O)[C@H](CC(C)C)NC(=O)CNC(=O)[C@H](Cc1ccccc1)NC(=O)[C@@H](Cc1ccccc1)NC(=O)[C@@H](CCC(N)=O)NC(=O)[C@@H](CCC(N)=O)NC(=O)[C@H]1CCCN1C(=O)[C@@H](CCCCN)NC(=O)[C@H]1CCCN1C(=O)[C@H](N)CCCN=C(N)N)C(N)=O. The Kier molecular flexibility index (Phi) is 33.9. The van der Waals surface area contributed by atoms with E-state index in [4.69, 9.17) is 40.1 Å². The highest BCUT2D eigenvalue weighted by molar-refractivity contribution is 7.98. The van der Waals surface area contributed by atoms with Gasteiger partial charge in [0, 0.05) is 45.3 Å². The number of unbranched alkanes of at least 4 members (excludes halogenated alkanes) is 1. The highest BCUT2D eigenvalue weighted by atomic mass is 32.2. The summed E-state index contributed by atoms with van der Waals surface area (Å²) in [5.74, 6) is -9.80. The van der Waals surface area contributed by atoms with Gasteiger partial charge >= 0.3 is 0 Å². The lowest BCUT2D eigenvalue weighted by Crippen LogP contribution is -2.60. The number of carbonyl (C=O) groups excluding carboxylic acids is 13. The number of nitrogens with two attached hydrogens (primary N) is 7. The third-order valence-electron chi connectivity index (χ3n) is 16.0. The number of hydrogen-bond donors (Lipinski definition) is 15. The number of thioether (sulfide) groups is 1. The van der Waals surface area contributed by atoms with Gasteiger partial charge in [0.25, 0.3) is 0 Å². The summed E-state index contributed by atoms with van der Waals surface area (Å²) in [6.07, 6.45) is 3.12. The number of benzene rings is 2. The third kappa shape index (κ3) is 27.5. The molecule has 2 aromatic rings. The normalized spacial score (nSPS) is 16.8. The average Bonchev–Trinajstić information content (AvgIpc) is 1.74. The number of rotatable bonds is 42. The molecule has 0 saturated carbocycles. The van der Waals surface area contributed by atoms with Gasteiger partial charge in [-0.15, -0.1) is 0 Å².